The molecule has 15 heavy (non-hydrogen) atoms. The fourth-order valence-electron chi connectivity index (χ4n) is 1.12. The van der Waals surface area contributed by atoms with E-state index in [2.05, 4.69) is 0 Å². The third kappa shape index (κ3) is 3.54. The second-order valence-corrected chi connectivity index (χ2v) is 4.09. The van der Waals surface area contributed by atoms with Crippen molar-refractivity contribution in [3.8, 4) is 0 Å². The van der Waals surface area contributed by atoms with Crippen LogP contribution < -0.4 is 0 Å². The number of benzene rings is 1. The summed E-state index contributed by atoms with van der Waals surface area (Å²) in [5.74, 6) is 0. The van der Waals surface area contributed by atoms with E-state index in [1.165, 1.54) is 0 Å². The highest BCUT2D eigenvalue weighted by Crippen LogP contribution is 2.14. The topological polar surface area (TPSA) is 43.1 Å². The second kappa shape index (κ2) is 4.73. The van der Waals surface area contributed by atoms with Crippen LogP contribution in [-0.2, 0) is 0 Å². The highest BCUT2D eigenvalue weighted by molar-refractivity contribution is 5.48. The average molecular weight is 205 g/mol. The maximum Gasteiger partial charge on any atom is 0.220 e. The van der Waals surface area contributed by atoms with Gasteiger partial charge in [-0.2, -0.15) is 0 Å². The molecule has 0 saturated carbocycles. The van der Waals surface area contributed by atoms with E-state index in [1.54, 1.807) is 13.8 Å². The molecule has 3 nitrogen and oxygen atoms in total. The number of nitro groups is 1. The maximum absolute atomic E-state index is 10.6. The summed E-state index contributed by atoms with van der Waals surface area (Å²) < 4.78 is 0. The van der Waals surface area contributed by atoms with Crippen LogP contribution in [-0.4, -0.2) is 10.5 Å². The fraction of sp³-hybridized carbons (Fsp3) is 0.333. The average Bonchev–Trinajstić information content (AvgIpc) is 2.19. The summed E-state index contributed by atoms with van der Waals surface area (Å²) >= 11 is 0. The molecule has 0 aliphatic heterocycles. The zero-order valence-corrected chi connectivity index (χ0v) is 9.01. The Kier molecular flexibility index (Phi) is 3.61. The van der Waals surface area contributed by atoms with E-state index in [9.17, 15) is 10.1 Å². The van der Waals surface area contributed by atoms with Gasteiger partial charge in [0.2, 0.25) is 5.54 Å². The summed E-state index contributed by atoms with van der Waals surface area (Å²) in [6.45, 7) is 3.25. The van der Waals surface area contributed by atoms with Crippen molar-refractivity contribution in [3.63, 3.8) is 0 Å². The van der Waals surface area contributed by atoms with Crippen LogP contribution in [0.25, 0.3) is 6.08 Å². The third-order valence-electron chi connectivity index (χ3n) is 2.22. The molecule has 0 aliphatic carbocycles. The minimum Gasteiger partial charge on any atom is -0.264 e. The number of rotatable bonds is 4. The van der Waals surface area contributed by atoms with Crippen LogP contribution in [0.5, 0.6) is 0 Å². The van der Waals surface area contributed by atoms with Crippen LogP contribution in [0.1, 0.15) is 25.8 Å². The van der Waals surface area contributed by atoms with Gasteiger partial charge < -0.3 is 0 Å². The van der Waals surface area contributed by atoms with Crippen LogP contribution in [0, 0.1) is 10.1 Å². The Morgan fingerprint density at radius 3 is 2.47 bits per heavy atom. The van der Waals surface area contributed by atoms with Crippen molar-refractivity contribution < 1.29 is 4.92 Å². The number of nitrogens with zero attached hydrogens (tertiary/aromatic N) is 1. The molecule has 0 N–H and O–H groups in total. The van der Waals surface area contributed by atoms with E-state index in [0.717, 1.165) is 5.56 Å². The van der Waals surface area contributed by atoms with Gasteiger partial charge in [-0.15, -0.1) is 0 Å². The van der Waals surface area contributed by atoms with Gasteiger partial charge >= 0.3 is 0 Å². The molecular weight excluding hydrogens is 190 g/mol. The lowest BCUT2D eigenvalue weighted by molar-refractivity contribution is -0.559. The summed E-state index contributed by atoms with van der Waals surface area (Å²) in [6, 6.07) is 9.76. The second-order valence-electron chi connectivity index (χ2n) is 4.09. The molecular formula is C12H15NO2. The molecule has 3 heteroatoms. The van der Waals surface area contributed by atoms with Crippen LogP contribution in [0.3, 0.4) is 0 Å². The van der Waals surface area contributed by atoms with E-state index in [1.807, 2.05) is 42.5 Å². The summed E-state index contributed by atoms with van der Waals surface area (Å²) in [7, 11) is 0. The summed E-state index contributed by atoms with van der Waals surface area (Å²) in [5, 5.41) is 10.6. The Morgan fingerprint density at radius 1 is 1.33 bits per heavy atom. The SMILES string of the molecule is CC(C)(C/C=C/c1ccccc1)[N+](=O)[O-]. The molecule has 0 atom stereocenters. The van der Waals surface area contributed by atoms with E-state index < -0.39 is 5.54 Å². The molecule has 0 fully saturated rings. The van der Waals surface area contributed by atoms with Gasteiger partial charge in [-0.1, -0.05) is 42.5 Å². The molecule has 80 valence electrons. The minimum absolute atomic E-state index is 0.248. The molecule has 0 spiro atoms. The molecule has 0 bridgehead atoms. The van der Waals surface area contributed by atoms with Gasteiger partial charge in [-0.05, 0) is 5.56 Å². The van der Waals surface area contributed by atoms with Gasteiger partial charge in [0.25, 0.3) is 0 Å². The van der Waals surface area contributed by atoms with Crippen molar-refractivity contribution in [2.45, 2.75) is 25.8 Å². The molecule has 0 radical (unpaired) electrons. The van der Waals surface area contributed by atoms with Crippen molar-refractivity contribution in [1.29, 1.82) is 0 Å². The number of hydrogen-bond donors (Lipinski definition) is 0. The lowest BCUT2D eigenvalue weighted by Gasteiger charge is -2.12. The lowest BCUT2D eigenvalue weighted by Crippen LogP contribution is -2.29. The summed E-state index contributed by atoms with van der Waals surface area (Å²) in [4.78, 5) is 10.4. The van der Waals surface area contributed by atoms with Crippen molar-refractivity contribution in [2.75, 3.05) is 0 Å². The van der Waals surface area contributed by atoms with Gasteiger partial charge in [0, 0.05) is 25.2 Å². The Labute approximate surface area is 89.6 Å². The summed E-state index contributed by atoms with van der Waals surface area (Å²) in [5.41, 5.74) is 0.183. The Bertz CT molecular complexity index is 355. The molecule has 0 unspecified atom stereocenters. The van der Waals surface area contributed by atoms with Gasteiger partial charge in [0.05, 0.1) is 0 Å². The normalized spacial score (nSPS) is 11.9. The fourth-order valence-corrected chi connectivity index (χ4v) is 1.12. The van der Waals surface area contributed by atoms with Gasteiger partial charge in [-0.25, -0.2) is 0 Å². The molecule has 1 aromatic rings. The van der Waals surface area contributed by atoms with E-state index in [4.69, 9.17) is 0 Å². The van der Waals surface area contributed by atoms with E-state index in [0.29, 0.717) is 6.42 Å². The standard InChI is InChI=1S/C12H15NO2/c1-12(2,13(14)15)10-6-9-11-7-4-3-5-8-11/h3-9H,10H2,1-2H3/b9-6+. The molecule has 0 aliphatic rings. The lowest BCUT2D eigenvalue weighted by atomic mass is 10.0. The van der Waals surface area contributed by atoms with Crippen molar-refractivity contribution >= 4 is 6.08 Å². The monoisotopic (exact) mass is 205 g/mol. The largest absolute Gasteiger partial charge is 0.264 e. The van der Waals surface area contributed by atoms with Crippen LogP contribution in [0.4, 0.5) is 0 Å². The first-order chi connectivity index (χ1) is 7.02. The smallest absolute Gasteiger partial charge is 0.220 e. The van der Waals surface area contributed by atoms with E-state index in [-0.39, 0.29) is 4.92 Å². The van der Waals surface area contributed by atoms with Crippen molar-refractivity contribution in [1.82, 2.24) is 0 Å². The number of hydrogen-bond acceptors (Lipinski definition) is 2. The van der Waals surface area contributed by atoms with Gasteiger partial charge in [0.15, 0.2) is 0 Å². The Balaban J connectivity index is 2.58. The van der Waals surface area contributed by atoms with Crippen LogP contribution >= 0.6 is 0 Å². The quantitative estimate of drug-likeness (QED) is 0.559. The highest BCUT2D eigenvalue weighted by Gasteiger charge is 2.28. The molecule has 0 aromatic heterocycles. The molecule has 1 aromatic carbocycles. The van der Waals surface area contributed by atoms with Crippen molar-refractivity contribution in [2.24, 2.45) is 0 Å². The van der Waals surface area contributed by atoms with E-state index >= 15 is 0 Å². The Hall–Kier alpha value is -1.64. The Morgan fingerprint density at radius 2 is 1.93 bits per heavy atom. The predicted molar refractivity (Wildman–Crippen MR) is 61.2 cm³/mol. The third-order valence-corrected chi connectivity index (χ3v) is 2.22. The first-order valence-electron chi connectivity index (χ1n) is 4.88. The van der Waals surface area contributed by atoms with Crippen LogP contribution in [0.15, 0.2) is 36.4 Å². The zero-order valence-electron chi connectivity index (χ0n) is 9.01. The minimum atomic E-state index is -0.884. The first-order valence-corrected chi connectivity index (χ1v) is 4.88. The van der Waals surface area contributed by atoms with Crippen molar-refractivity contribution in [3.05, 3.63) is 52.1 Å². The maximum atomic E-state index is 10.6. The first kappa shape index (κ1) is 11.4. The van der Waals surface area contributed by atoms with Gasteiger partial charge in [-0.3, -0.25) is 10.1 Å². The highest BCUT2D eigenvalue weighted by atomic mass is 16.6. The molecule has 0 heterocycles. The molecule has 0 saturated heterocycles. The molecule has 1 rings (SSSR count). The predicted octanol–water partition coefficient (Wildman–Crippen LogP) is 3.15. The summed E-state index contributed by atoms with van der Waals surface area (Å²) in [6.07, 6.45) is 4.19. The van der Waals surface area contributed by atoms with Crippen LogP contribution in [0.2, 0.25) is 0 Å². The molecule has 0 amide bonds. The zero-order chi connectivity index (χ0) is 11.3. The van der Waals surface area contributed by atoms with Gasteiger partial charge in [0.1, 0.15) is 0 Å².